The Kier molecular flexibility index (Phi) is 16.7. The van der Waals surface area contributed by atoms with Gasteiger partial charge in [-0.3, -0.25) is 4.79 Å². The van der Waals surface area contributed by atoms with Crippen molar-refractivity contribution in [1.82, 2.24) is 0 Å². The summed E-state index contributed by atoms with van der Waals surface area (Å²) in [4.78, 5) is 14.5. The lowest BCUT2D eigenvalue weighted by molar-refractivity contribution is -0.323. The first-order valence-corrected chi connectivity index (χ1v) is 24.9. The zero-order chi connectivity index (χ0) is 47.6. The Hall–Kier alpha value is -2.35. The number of rotatable bonds is 10. The molecule has 4 saturated heterocycles. The van der Waals surface area contributed by atoms with Crippen molar-refractivity contribution in [2.75, 3.05) is 34.7 Å². The standard InChI is InChI=1S/C52H78O15/c1-29-14-13-17-36-27-59-49-44(53)32(4)22-39(52(36,49)55)50(54)63-38-23-37(66-51(26-38)21-20-31(3)46(67-51)35-15-11-10-12-16-35)19-18-30(2)45(29)64-42-25-41(58-9)48(34(6)62-42)65-43-24-40(57-8)47(33(5)61-43)60-28-56-7/h13-14,17-18,20-22,29,31,33-35,37-49,53,55H,10-12,15-16,19,23-28H2,1-9H3/t29?,31-,33-,34-,37+,38-,39-,40-,41-,42?,43-,44+,45-,46-,47+,48-,49+,51+,52+/m0/s1. The molecular formula is C52H78O15. The largest absolute Gasteiger partial charge is 0.462 e. The summed E-state index contributed by atoms with van der Waals surface area (Å²) in [5.41, 5.74) is 0.177. The van der Waals surface area contributed by atoms with Gasteiger partial charge < -0.3 is 67.1 Å². The summed E-state index contributed by atoms with van der Waals surface area (Å²) in [5.74, 6) is -2.32. The highest BCUT2D eigenvalue weighted by Crippen LogP contribution is 2.48. The fraction of sp³-hybridized carbons (Fsp3) is 0.788. The second-order valence-corrected chi connectivity index (χ2v) is 20.5. The number of hydrogen-bond donors (Lipinski definition) is 2. The number of methoxy groups -OCH3 is 3. The van der Waals surface area contributed by atoms with E-state index in [9.17, 15) is 15.0 Å². The molecule has 0 aromatic heterocycles. The van der Waals surface area contributed by atoms with Gasteiger partial charge in [-0.15, -0.1) is 0 Å². The molecule has 0 aromatic carbocycles. The van der Waals surface area contributed by atoms with E-state index in [1.807, 2.05) is 32.1 Å². The average molecular weight is 943 g/mol. The lowest BCUT2D eigenvalue weighted by Gasteiger charge is -2.49. The van der Waals surface area contributed by atoms with Crippen LogP contribution < -0.4 is 0 Å². The number of carbonyl (C=O) groups excluding carboxylic acids is 1. The number of fused-ring (bicyclic) bond motifs is 2. The normalized spacial score (nSPS) is 45.5. The van der Waals surface area contributed by atoms with Gasteiger partial charge in [0.1, 0.15) is 48.8 Å². The molecule has 19 atom stereocenters. The Balaban J connectivity index is 1.06. The first kappa shape index (κ1) is 51.0. The molecule has 1 spiro atoms. The zero-order valence-corrected chi connectivity index (χ0v) is 41.1. The molecule has 6 aliphatic heterocycles. The number of aliphatic hydroxyl groups excluding tert-OH is 1. The van der Waals surface area contributed by atoms with Crippen LogP contribution >= 0.6 is 0 Å². The maximum atomic E-state index is 14.5. The second-order valence-electron chi connectivity index (χ2n) is 20.5. The number of hydrogen-bond acceptors (Lipinski definition) is 15. The molecule has 0 radical (unpaired) electrons. The topological polar surface area (TPSA) is 168 Å². The Morgan fingerprint density at radius 2 is 1.52 bits per heavy atom. The van der Waals surface area contributed by atoms with Gasteiger partial charge in [0.25, 0.3) is 0 Å². The molecule has 2 bridgehead atoms. The van der Waals surface area contributed by atoms with Gasteiger partial charge in [0.05, 0.1) is 49.3 Å². The number of ether oxygens (including phenoxy) is 12. The molecule has 5 fully saturated rings. The molecule has 67 heavy (non-hydrogen) atoms. The smallest absolute Gasteiger partial charge is 0.316 e. The van der Waals surface area contributed by atoms with Crippen LogP contribution in [0, 0.1) is 23.7 Å². The molecular weight excluding hydrogens is 865 g/mol. The van der Waals surface area contributed by atoms with Crippen molar-refractivity contribution >= 4 is 5.97 Å². The fourth-order valence-electron chi connectivity index (χ4n) is 12.1. The van der Waals surface area contributed by atoms with Gasteiger partial charge in [0, 0.05) is 58.8 Å². The molecule has 2 unspecified atom stereocenters. The lowest BCUT2D eigenvalue weighted by Crippen LogP contribution is -2.58. The molecule has 2 N–H and O–H groups in total. The summed E-state index contributed by atoms with van der Waals surface area (Å²) in [6.07, 6.45) is 14.8. The van der Waals surface area contributed by atoms with Crippen LogP contribution in [0.15, 0.2) is 59.3 Å². The maximum Gasteiger partial charge on any atom is 0.316 e. The maximum absolute atomic E-state index is 14.5. The fourth-order valence-corrected chi connectivity index (χ4v) is 12.1. The van der Waals surface area contributed by atoms with Gasteiger partial charge >= 0.3 is 5.97 Å². The van der Waals surface area contributed by atoms with E-state index in [0.717, 1.165) is 18.4 Å². The molecule has 2 aliphatic carbocycles. The zero-order valence-electron chi connectivity index (χ0n) is 41.1. The van der Waals surface area contributed by atoms with Gasteiger partial charge in [-0.05, 0) is 75.7 Å². The van der Waals surface area contributed by atoms with Crippen molar-refractivity contribution in [3.05, 3.63) is 59.3 Å². The first-order chi connectivity index (χ1) is 32.2. The van der Waals surface area contributed by atoms with E-state index in [1.54, 1.807) is 40.4 Å². The van der Waals surface area contributed by atoms with Gasteiger partial charge in [-0.1, -0.05) is 69.6 Å². The molecule has 15 heteroatoms. The Bertz CT molecular complexity index is 1840. The summed E-state index contributed by atoms with van der Waals surface area (Å²) in [7, 11) is 4.91. The highest BCUT2D eigenvalue weighted by molar-refractivity contribution is 5.78. The lowest BCUT2D eigenvalue weighted by atomic mass is 9.71. The molecule has 15 nitrogen and oxygen atoms in total. The summed E-state index contributed by atoms with van der Waals surface area (Å²) < 4.78 is 76.0. The molecule has 1 saturated carbocycles. The third-order valence-electron chi connectivity index (χ3n) is 15.8. The highest BCUT2D eigenvalue weighted by Gasteiger charge is 2.60. The molecule has 376 valence electrons. The molecule has 8 rings (SSSR count). The van der Waals surface area contributed by atoms with Gasteiger partial charge in [-0.25, -0.2) is 0 Å². The second kappa shape index (κ2) is 22.0. The quantitative estimate of drug-likeness (QED) is 0.138. The minimum atomic E-state index is -1.83. The van der Waals surface area contributed by atoms with E-state index in [1.165, 1.54) is 19.3 Å². The summed E-state index contributed by atoms with van der Waals surface area (Å²) >= 11 is 0. The molecule has 0 aromatic rings. The van der Waals surface area contributed by atoms with Crippen LogP contribution in [0.4, 0.5) is 0 Å². The van der Waals surface area contributed by atoms with Crippen LogP contribution in [0.5, 0.6) is 0 Å². The number of allylic oxidation sites excluding steroid dienone is 2. The van der Waals surface area contributed by atoms with Crippen molar-refractivity contribution in [2.45, 2.75) is 203 Å². The summed E-state index contributed by atoms with van der Waals surface area (Å²) in [5, 5.41) is 23.9. The minimum Gasteiger partial charge on any atom is -0.462 e. The van der Waals surface area contributed by atoms with Gasteiger partial charge in [0.15, 0.2) is 18.4 Å². The van der Waals surface area contributed by atoms with Crippen LogP contribution in [-0.4, -0.2) is 148 Å². The van der Waals surface area contributed by atoms with Crippen LogP contribution in [0.3, 0.4) is 0 Å². The van der Waals surface area contributed by atoms with E-state index < -0.39 is 72.5 Å². The van der Waals surface area contributed by atoms with Gasteiger partial charge in [0.2, 0.25) is 0 Å². The van der Waals surface area contributed by atoms with E-state index in [4.69, 9.17) is 56.8 Å². The third kappa shape index (κ3) is 10.9. The monoisotopic (exact) mass is 943 g/mol. The predicted octanol–water partition coefficient (Wildman–Crippen LogP) is 6.54. The van der Waals surface area contributed by atoms with E-state index in [2.05, 4.69) is 32.9 Å². The van der Waals surface area contributed by atoms with Crippen molar-refractivity contribution < 1.29 is 71.8 Å². The van der Waals surface area contributed by atoms with Crippen LogP contribution in [0.2, 0.25) is 0 Å². The SMILES string of the molecule is COCO[C@@H]1[C@H](C)O[C@@H](O[C@H]2[C@H](C)OC(O[C@@H]3C(C)=CC[C@@H]4C[C@@H](C[C@]5(C=C[C@H](C)[C@@H](C6CCCCC6)O5)O4)OC(=O)[C@@H]4C=C(C)[C@@H](O)[C@H]5OCC(=CC=CC3C)[C@]54O)C[C@@H]2OC)C[C@@H]1OC. The third-order valence-corrected chi connectivity index (χ3v) is 15.8. The van der Waals surface area contributed by atoms with Crippen molar-refractivity contribution in [1.29, 1.82) is 0 Å². The Morgan fingerprint density at radius 1 is 0.821 bits per heavy atom. The van der Waals surface area contributed by atoms with Crippen molar-refractivity contribution in [2.24, 2.45) is 23.7 Å². The predicted molar refractivity (Wildman–Crippen MR) is 245 cm³/mol. The van der Waals surface area contributed by atoms with E-state index in [-0.39, 0.29) is 61.9 Å². The van der Waals surface area contributed by atoms with E-state index in [0.29, 0.717) is 49.2 Å². The van der Waals surface area contributed by atoms with E-state index >= 15 is 0 Å². The molecule has 0 amide bonds. The number of carbonyl (C=O) groups is 1. The van der Waals surface area contributed by atoms with Crippen molar-refractivity contribution in [3.63, 3.8) is 0 Å². The van der Waals surface area contributed by atoms with Crippen LogP contribution in [-0.2, 0) is 61.6 Å². The Morgan fingerprint density at radius 3 is 2.24 bits per heavy atom. The van der Waals surface area contributed by atoms with Crippen molar-refractivity contribution in [3.8, 4) is 0 Å². The van der Waals surface area contributed by atoms with Crippen LogP contribution in [0.25, 0.3) is 0 Å². The number of aliphatic hydroxyl groups is 2. The summed E-state index contributed by atoms with van der Waals surface area (Å²) in [6, 6.07) is 0. The minimum absolute atomic E-state index is 0.0240. The van der Waals surface area contributed by atoms with Crippen LogP contribution in [0.1, 0.15) is 106 Å². The molecule has 8 aliphatic rings. The highest BCUT2D eigenvalue weighted by atomic mass is 16.7. The number of esters is 1. The first-order valence-electron chi connectivity index (χ1n) is 24.9. The van der Waals surface area contributed by atoms with Gasteiger partial charge in [-0.2, -0.15) is 0 Å². The molecule has 6 heterocycles. The average Bonchev–Trinajstić information content (AvgIpc) is 3.65. The Labute approximate surface area is 397 Å². The summed E-state index contributed by atoms with van der Waals surface area (Å²) in [6.45, 7) is 12.2.